The quantitative estimate of drug-likeness (QED) is 0.0228. The van der Waals surface area contributed by atoms with Crippen molar-refractivity contribution in [2.75, 3.05) is 13.2 Å². The molecule has 12 nitrogen and oxygen atoms in total. The van der Waals surface area contributed by atoms with Crippen molar-refractivity contribution in [2.24, 2.45) is 0 Å². The first kappa shape index (κ1) is 64.5. The van der Waals surface area contributed by atoms with E-state index in [0.29, 0.717) is 19.3 Å². The average Bonchev–Trinajstić information content (AvgIpc) is 3.33. The summed E-state index contributed by atoms with van der Waals surface area (Å²) in [7, 11) is 0. The predicted molar refractivity (Wildman–Crippen MR) is 276 cm³/mol. The molecule has 0 amide bonds. The number of rotatable bonds is 49. The number of aliphatic carboxylic acids is 1. The van der Waals surface area contributed by atoms with Crippen LogP contribution in [0.3, 0.4) is 0 Å². The summed E-state index contributed by atoms with van der Waals surface area (Å²) in [4.78, 5) is 50.9. The summed E-state index contributed by atoms with van der Waals surface area (Å²) >= 11 is 0. The van der Waals surface area contributed by atoms with Crippen molar-refractivity contribution < 1.29 is 58.2 Å². The number of carbonyl (C=O) groups excluding carboxylic acids is 3. The Hall–Kier alpha value is -2.54. The SMILES string of the molecule is CCCCCC/C=C\CCCCCCCC(=O)OC1C(OCC(COC(=O)CCCCCCCCCCCCCCCCCCC)OC(=O)CCCCCCCCCCC)OC(C(=O)O)C(O)C1O. The first-order valence-corrected chi connectivity index (χ1v) is 28.7. The second-order valence-electron chi connectivity index (χ2n) is 19.9. The number of hydrogen-bond acceptors (Lipinski definition) is 11. The Balaban J connectivity index is 2.64. The third-order valence-electron chi connectivity index (χ3n) is 13.3. The molecule has 0 aromatic heterocycles. The van der Waals surface area contributed by atoms with Crippen molar-refractivity contribution in [1.82, 2.24) is 0 Å². The molecule has 1 aliphatic heterocycles. The molecule has 1 aliphatic rings. The highest BCUT2D eigenvalue weighted by atomic mass is 16.7. The van der Waals surface area contributed by atoms with E-state index in [1.54, 1.807) is 0 Å². The number of ether oxygens (including phenoxy) is 5. The molecular formula is C57H104O12. The lowest BCUT2D eigenvalue weighted by atomic mass is 9.98. The van der Waals surface area contributed by atoms with Gasteiger partial charge in [0.15, 0.2) is 24.6 Å². The lowest BCUT2D eigenvalue weighted by Crippen LogP contribution is -2.61. The molecule has 0 spiro atoms. The van der Waals surface area contributed by atoms with Crippen LogP contribution < -0.4 is 0 Å². The second-order valence-corrected chi connectivity index (χ2v) is 19.9. The lowest BCUT2D eigenvalue weighted by molar-refractivity contribution is -0.301. The first-order chi connectivity index (χ1) is 33.6. The lowest BCUT2D eigenvalue weighted by Gasteiger charge is -2.40. The standard InChI is InChI=1S/C57H104O12/c1-4-7-10-13-16-19-21-23-24-25-26-28-29-32-34-37-40-43-49(58)65-46-48(67-50(59)44-41-38-35-31-18-15-12-9-6-3)47-66-57-55(53(62)52(61)54(69-57)56(63)64)68-51(60)45-42-39-36-33-30-27-22-20-17-14-11-8-5-2/h20,22,48,52-55,57,61-62H,4-19,21,23-47H2,1-3H3,(H,63,64)/b22-20-. The van der Waals surface area contributed by atoms with Crippen LogP contribution in [0.2, 0.25) is 0 Å². The number of aliphatic hydroxyl groups is 2. The molecule has 6 atom stereocenters. The average molecular weight is 981 g/mol. The summed E-state index contributed by atoms with van der Waals surface area (Å²) < 4.78 is 28.3. The van der Waals surface area contributed by atoms with Gasteiger partial charge in [-0.25, -0.2) is 4.79 Å². The Morgan fingerprint density at radius 2 is 0.826 bits per heavy atom. The zero-order valence-electron chi connectivity index (χ0n) is 44.3. The molecule has 69 heavy (non-hydrogen) atoms. The minimum absolute atomic E-state index is 0.0561. The fourth-order valence-corrected chi connectivity index (χ4v) is 8.89. The van der Waals surface area contributed by atoms with Crippen LogP contribution in [-0.2, 0) is 42.9 Å². The van der Waals surface area contributed by atoms with E-state index in [-0.39, 0.29) is 25.9 Å². The maximum absolute atomic E-state index is 13.0. The Morgan fingerprint density at radius 3 is 1.25 bits per heavy atom. The van der Waals surface area contributed by atoms with Gasteiger partial charge in [0.25, 0.3) is 0 Å². The topological polar surface area (TPSA) is 175 Å². The van der Waals surface area contributed by atoms with Gasteiger partial charge in [0.1, 0.15) is 18.8 Å². The van der Waals surface area contributed by atoms with Crippen LogP contribution >= 0.6 is 0 Å². The van der Waals surface area contributed by atoms with Crippen molar-refractivity contribution >= 4 is 23.9 Å². The molecule has 1 saturated heterocycles. The molecule has 3 N–H and O–H groups in total. The van der Waals surface area contributed by atoms with Gasteiger partial charge in [-0.3, -0.25) is 14.4 Å². The third-order valence-corrected chi connectivity index (χ3v) is 13.3. The molecule has 1 fully saturated rings. The van der Waals surface area contributed by atoms with Crippen molar-refractivity contribution in [1.29, 1.82) is 0 Å². The van der Waals surface area contributed by atoms with Gasteiger partial charge in [-0.2, -0.15) is 0 Å². The molecule has 0 aromatic carbocycles. The fraction of sp³-hybridized carbons (Fsp3) is 0.895. The van der Waals surface area contributed by atoms with Crippen LogP contribution in [0.4, 0.5) is 0 Å². The van der Waals surface area contributed by atoms with Gasteiger partial charge in [0.05, 0.1) is 6.61 Å². The van der Waals surface area contributed by atoms with Gasteiger partial charge >= 0.3 is 23.9 Å². The summed E-state index contributed by atoms with van der Waals surface area (Å²) in [5.41, 5.74) is 0. The normalized spacial score (nSPS) is 18.7. The van der Waals surface area contributed by atoms with E-state index in [1.165, 1.54) is 141 Å². The maximum Gasteiger partial charge on any atom is 0.335 e. The van der Waals surface area contributed by atoms with Gasteiger partial charge in [0.2, 0.25) is 0 Å². The molecule has 404 valence electrons. The van der Waals surface area contributed by atoms with Crippen LogP contribution in [-0.4, -0.2) is 89.2 Å². The largest absolute Gasteiger partial charge is 0.479 e. The number of esters is 3. The summed E-state index contributed by atoms with van der Waals surface area (Å²) in [6.45, 7) is 5.97. The summed E-state index contributed by atoms with van der Waals surface area (Å²) in [5.74, 6) is -3.10. The molecule has 0 bridgehead atoms. The molecule has 1 rings (SSSR count). The minimum atomic E-state index is -1.90. The molecule has 0 saturated carbocycles. The summed E-state index contributed by atoms with van der Waals surface area (Å²) in [6.07, 6.45) is 37.7. The number of unbranched alkanes of at least 4 members (excludes halogenated alkanes) is 33. The second kappa shape index (κ2) is 46.5. The zero-order valence-corrected chi connectivity index (χ0v) is 44.3. The number of carboxylic acid groups (broad SMARTS) is 1. The smallest absolute Gasteiger partial charge is 0.335 e. The van der Waals surface area contributed by atoms with Crippen LogP contribution in [0.15, 0.2) is 12.2 Å². The highest BCUT2D eigenvalue weighted by Gasteiger charge is 2.50. The van der Waals surface area contributed by atoms with Gasteiger partial charge in [0, 0.05) is 19.3 Å². The van der Waals surface area contributed by atoms with Crippen LogP contribution in [0.25, 0.3) is 0 Å². The number of aliphatic hydroxyl groups excluding tert-OH is 2. The van der Waals surface area contributed by atoms with Crippen LogP contribution in [0.1, 0.15) is 278 Å². The van der Waals surface area contributed by atoms with E-state index < -0.39 is 67.3 Å². The molecule has 12 heteroatoms. The number of hydrogen-bond donors (Lipinski definition) is 3. The third kappa shape index (κ3) is 37.0. The molecule has 6 unspecified atom stereocenters. The first-order valence-electron chi connectivity index (χ1n) is 28.7. The zero-order chi connectivity index (χ0) is 50.4. The van der Waals surface area contributed by atoms with E-state index in [4.69, 9.17) is 23.7 Å². The van der Waals surface area contributed by atoms with E-state index in [9.17, 15) is 34.5 Å². The number of carbonyl (C=O) groups is 4. The van der Waals surface area contributed by atoms with E-state index in [1.807, 2.05) is 0 Å². The Labute approximate surface area is 420 Å². The molecule has 0 radical (unpaired) electrons. The van der Waals surface area contributed by atoms with Crippen LogP contribution in [0, 0.1) is 0 Å². The van der Waals surface area contributed by atoms with Gasteiger partial charge < -0.3 is 39.0 Å². The van der Waals surface area contributed by atoms with E-state index in [0.717, 1.165) is 77.0 Å². The van der Waals surface area contributed by atoms with E-state index >= 15 is 0 Å². The van der Waals surface area contributed by atoms with Crippen molar-refractivity contribution in [3.63, 3.8) is 0 Å². The molecule has 0 aromatic rings. The van der Waals surface area contributed by atoms with Gasteiger partial charge in [-0.1, -0.05) is 226 Å². The van der Waals surface area contributed by atoms with Gasteiger partial charge in [-0.05, 0) is 44.9 Å². The summed E-state index contributed by atoms with van der Waals surface area (Å²) in [6, 6.07) is 0. The van der Waals surface area contributed by atoms with Crippen molar-refractivity contribution in [3.8, 4) is 0 Å². The maximum atomic E-state index is 13.0. The highest BCUT2D eigenvalue weighted by Crippen LogP contribution is 2.26. The monoisotopic (exact) mass is 981 g/mol. The molecule has 0 aliphatic carbocycles. The summed E-state index contributed by atoms with van der Waals surface area (Å²) in [5, 5.41) is 31.4. The Morgan fingerprint density at radius 1 is 0.464 bits per heavy atom. The molecule has 1 heterocycles. The number of carboxylic acids is 1. The Kier molecular flexibility index (Phi) is 43.5. The van der Waals surface area contributed by atoms with Crippen molar-refractivity contribution in [2.45, 2.75) is 314 Å². The number of allylic oxidation sites excluding steroid dienone is 2. The fourth-order valence-electron chi connectivity index (χ4n) is 8.89. The minimum Gasteiger partial charge on any atom is -0.479 e. The predicted octanol–water partition coefficient (Wildman–Crippen LogP) is 14.1. The Bertz CT molecular complexity index is 1260. The van der Waals surface area contributed by atoms with Gasteiger partial charge in [-0.15, -0.1) is 0 Å². The molecular weight excluding hydrogens is 877 g/mol. The van der Waals surface area contributed by atoms with Crippen molar-refractivity contribution in [3.05, 3.63) is 12.2 Å². The highest BCUT2D eigenvalue weighted by molar-refractivity contribution is 5.74. The van der Waals surface area contributed by atoms with E-state index in [2.05, 4.69) is 32.9 Å². The van der Waals surface area contributed by atoms with Crippen LogP contribution in [0.5, 0.6) is 0 Å².